The third kappa shape index (κ3) is 7.62. The maximum Gasteiger partial charge on any atom is 0.255 e. The van der Waals surface area contributed by atoms with Crippen LogP contribution in [0.25, 0.3) is 50.3 Å². The molecule has 59 heavy (non-hydrogen) atoms. The fourth-order valence-corrected chi connectivity index (χ4v) is 8.87. The Bertz CT molecular complexity index is 2830. The maximum absolute atomic E-state index is 6.81. The van der Waals surface area contributed by atoms with E-state index >= 15 is 0 Å². The molecule has 0 radical (unpaired) electrons. The topological polar surface area (TPSA) is 35.9 Å². The molecule has 0 unspecified atom stereocenters. The molecule has 0 saturated heterocycles. The maximum atomic E-state index is 6.81. The average molecular weight is 778 g/mol. The second-order valence-corrected chi connectivity index (χ2v) is 18.6. The van der Waals surface area contributed by atoms with Gasteiger partial charge in [0.15, 0.2) is 11.0 Å². The molecule has 0 aliphatic heterocycles. The van der Waals surface area contributed by atoms with Gasteiger partial charge in [0.05, 0.1) is 11.9 Å². The Morgan fingerprint density at radius 1 is 0.593 bits per heavy atom. The summed E-state index contributed by atoms with van der Waals surface area (Å²) in [7, 11) is 0. The van der Waals surface area contributed by atoms with E-state index in [4.69, 9.17) is 9.84 Å². The van der Waals surface area contributed by atoms with Crippen molar-refractivity contribution >= 4 is 11.0 Å². The Hall–Kier alpha value is -6.20. The van der Waals surface area contributed by atoms with Crippen molar-refractivity contribution in [3.63, 3.8) is 0 Å². The minimum Gasteiger partial charge on any atom is -0.457 e. The number of fused-ring (bicyclic) bond motifs is 1. The Kier molecular flexibility index (Phi) is 9.99. The third-order valence-electron chi connectivity index (χ3n) is 11.6. The molecule has 0 aliphatic carbocycles. The second kappa shape index (κ2) is 14.9. The Morgan fingerprint density at radius 2 is 1.24 bits per heavy atom. The quantitative estimate of drug-likeness (QED) is 0.151. The normalized spacial score (nSPS) is 12.1. The summed E-state index contributed by atoms with van der Waals surface area (Å²) in [5, 5.41) is 4.71. The van der Waals surface area contributed by atoms with Crippen molar-refractivity contribution in [3.8, 4) is 50.8 Å². The number of aryl methyl sites for hydroxylation is 6. The van der Waals surface area contributed by atoms with E-state index in [-0.39, 0.29) is 10.8 Å². The van der Waals surface area contributed by atoms with Gasteiger partial charge in [0, 0.05) is 35.0 Å². The SMILES string of the molecule is Cc1cc(C)c(-c2ccc(Oc3cccc(-n4cc(-c5ccccc5)cn4)c3)cc2-n2c[n+](-c3c(C)cc(C)cc3C)c3c(C(C)(C)C)cc(C(C)(C)C)cc32)c(C)c1. The van der Waals surface area contributed by atoms with E-state index in [2.05, 4.69) is 196 Å². The van der Waals surface area contributed by atoms with Crippen LogP contribution in [-0.2, 0) is 10.8 Å². The van der Waals surface area contributed by atoms with Crippen LogP contribution in [0, 0.1) is 41.5 Å². The molecule has 0 N–H and O–H groups in total. The van der Waals surface area contributed by atoms with Crippen molar-refractivity contribution in [1.29, 1.82) is 0 Å². The smallest absolute Gasteiger partial charge is 0.255 e. The van der Waals surface area contributed by atoms with E-state index in [1.165, 1.54) is 61.3 Å². The van der Waals surface area contributed by atoms with Gasteiger partial charge in [-0.1, -0.05) is 119 Å². The summed E-state index contributed by atoms with van der Waals surface area (Å²) >= 11 is 0. The van der Waals surface area contributed by atoms with Gasteiger partial charge in [-0.15, -0.1) is 0 Å². The molecule has 8 rings (SSSR count). The van der Waals surface area contributed by atoms with Crippen molar-refractivity contribution in [1.82, 2.24) is 14.3 Å². The Morgan fingerprint density at radius 3 is 1.88 bits per heavy atom. The second-order valence-electron chi connectivity index (χ2n) is 18.6. The molecular formula is C54H57N4O+. The molecule has 5 nitrogen and oxygen atoms in total. The first-order valence-corrected chi connectivity index (χ1v) is 20.8. The molecule has 8 aromatic rings. The van der Waals surface area contributed by atoms with Crippen molar-refractivity contribution in [3.05, 3.63) is 172 Å². The van der Waals surface area contributed by atoms with Crippen LogP contribution in [0.5, 0.6) is 11.5 Å². The van der Waals surface area contributed by atoms with Gasteiger partial charge >= 0.3 is 0 Å². The van der Waals surface area contributed by atoms with E-state index < -0.39 is 0 Å². The van der Waals surface area contributed by atoms with Crippen molar-refractivity contribution < 1.29 is 9.30 Å². The van der Waals surface area contributed by atoms with Gasteiger partial charge in [-0.2, -0.15) is 14.2 Å². The molecule has 2 aromatic heterocycles. The van der Waals surface area contributed by atoms with E-state index in [1.54, 1.807) is 0 Å². The van der Waals surface area contributed by atoms with E-state index in [9.17, 15) is 0 Å². The number of benzene rings is 6. The highest BCUT2D eigenvalue weighted by Gasteiger charge is 2.33. The number of hydrogen-bond donors (Lipinski definition) is 0. The zero-order valence-electron chi connectivity index (χ0n) is 36.8. The summed E-state index contributed by atoms with van der Waals surface area (Å²) in [5.74, 6) is 1.50. The molecular weight excluding hydrogens is 721 g/mol. The highest BCUT2D eigenvalue weighted by Crippen LogP contribution is 2.41. The first-order chi connectivity index (χ1) is 28.0. The van der Waals surface area contributed by atoms with Crippen LogP contribution in [0.15, 0.2) is 128 Å². The van der Waals surface area contributed by atoms with Crippen LogP contribution in [0.3, 0.4) is 0 Å². The number of nitrogens with zero attached hydrogens (tertiary/aromatic N) is 4. The number of imidazole rings is 1. The predicted molar refractivity (Wildman–Crippen MR) is 245 cm³/mol. The summed E-state index contributed by atoms with van der Waals surface area (Å²) in [4.78, 5) is 0. The zero-order chi connectivity index (χ0) is 42.0. The number of hydrogen-bond acceptors (Lipinski definition) is 2. The monoisotopic (exact) mass is 777 g/mol. The number of aromatic nitrogens is 4. The summed E-state index contributed by atoms with van der Waals surface area (Å²) in [6, 6.07) is 39.1. The molecule has 0 saturated carbocycles. The van der Waals surface area contributed by atoms with E-state index in [0.29, 0.717) is 0 Å². The first kappa shape index (κ1) is 39.6. The van der Waals surface area contributed by atoms with Gasteiger partial charge in [0.25, 0.3) is 6.33 Å². The summed E-state index contributed by atoms with van der Waals surface area (Å²) < 4.78 is 13.6. The van der Waals surface area contributed by atoms with Crippen LogP contribution in [0.1, 0.15) is 86.1 Å². The van der Waals surface area contributed by atoms with E-state index in [0.717, 1.165) is 45.1 Å². The Balaban J connectivity index is 1.37. The minimum absolute atomic E-state index is 0.0663. The van der Waals surface area contributed by atoms with Crippen LogP contribution in [0.4, 0.5) is 0 Å². The predicted octanol–water partition coefficient (Wildman–Crippen LogP) is 13.7. The molecule has 0 atom stereocenters. The van der Waals surface area contributed by atoms with Crippen molar-refractivity contribution in [2.45, 2.75) is 93.9 Å². The van der Waals surface area contributed by atoms with Gasteiger partial charge in [0.2, 0.25) is 0 Å². The van der Waals surface area contributed by atoms with Crippen LogP contribution < -0.4 is 9.30 Å². The Labute approximate surface area is 350 Å². The number of ether oxygens (including phenoxy) is 1. The van der Waals surface area contributed by atoms with Crippen LogP contribution in [-0.4, -0.2) is 14.3 Å². The van der Waals surface area contributed by atoms with Crippen molar-refractivity contribution in [2.75, 3.05) is 0 Å². The minimum atomic E-state index is -0.126. The lowest BCUT2D eigenvalue weighted by atomic mass is 9.80. The molecule has 0 bridgehead atoms. The molecule has 0 aliphatic rings. The average Bonchev–Trinajstić information content (AvgIpc) is 3.80. The number of rotatable bonds is 7. The van der Waals surface area contributed by atoms with Gasteiger partial charge in [-0.25, -0.2) is 4.68 Å². The lowest BCUT2D eigenvalue weighted by Crippen LogP contribution is -2.34. The molecule has 298 valence electrons. The molecule has 0 fully saturated rings. The van der Waals surface area contributed by atoms with Gasteiger partial charge < -0.3 is 4.74 Å². The molecule has 5 heteroatoms. The van der Waals surface area contributed by atoms with E-state index in [1.807, 2.05) is 29.1 Å². The lowest BCUT2D eigenvalue weighted by molar-refractivity contribution is -0.569. The molecule has 0 amide bonds. The molecule has 2 heterocycles. The third-order valence-corrected chi connectivity index (χ3v) is 11.6. The van der Waals surface area contributed by atoms with Gasteiger partial charge in [-0.05, 0) is 122 Å². The summed E-state index contributed by atoms with van der Waals surface area (Å²) in [6.07, 6.45) is 6.29. The molecule has 0 spiro atoms. The largest absolute Gasteiger partial charge is 0.457 e. The van der Waals surface area contributed by atoms with Crippen molar-refractivity contribution in [2.24, 2.45) is 0 Å². The first-order valence-electron chi connectivity index (χ1n) is 20.8. The van der Waals surface area contributed by atoms with Gasteiger partial charge in [0.1, 0.15) is 22.9 Å². The van der Waals surface area contributed by atoms with Crippen LogP contribution in [0.2, 0.25) is 0 Å². The molecule has 6 aromatic carbocycles. The standard InChI is InChI=1S/C54H57N4O/c1-34-23-36(3)50(37(4)24-34)46-22-21-45(59-44-20-16-19-43(29-44)58-32-41(31-55-58)40-17-14-13-15-18-40)30-48(46)56-33-57(51-38(5)25-35(2)26-39(51)6)52-47(54(10,11)12)27-42(28-49(52)56)53(7,8)9/h13-33H,1-12H3/q+1. The summed E-state index contributed by atoms with van der Waals surface area (Å²) in [5.41, 5.74) is 20.2. The fourth-order valence-electron chi connectivity index (χ4n) is 8.87. The van der Waals surface area contributed by atoms with Crippen LogP contribution >= 0.6 is 0 Å². The highest BCUT2D eigenvalue weighted by atomic mass is 16.5. The highest BCUT2D eigenvalue weighted by molar-refractivity contribution is 5.86. The zero-order valence-corrected chi connectivity index (χ0v) is 36.8. The van der Waals surface area contributed by atoms with Gasteiger partial charge in [-0.3, -0.25) is 0 Å². The lowest BCUT2D eigenvalue weighted by Gasteiger charge is -2.25. The fraction of sp³-hybridized carbons (Fsp3) is 0.259. The summed E-state index contributed by atoms with van der Waals surface area (Å²) in [6.45, 7) is 27.3.